The average molecular weight is 356 g/mol. The smallest absolute Gasteiger partial charge is 0.248 e. The summed E-state index contributed by atoms with van der Waals surface area (Å²) in [6, 6.07) is 6.90. The number of pyridine rings is 1. The molecule has 0 saturated heterocycles. The van der Waals surface area contributed by atoms with Gasteiger partial charge in [-0.15, -0.1) is 0 Å². The molecule has 0 spiro atoms. The summed E-state index contributed by atoms with van der Waals surface area (Å²) in [6.45, 7) is 5.86. The molecule has 2 heterocycles. The maximum atomic E-state index is 13.4. The zero-order valence-electron chi connectivity index (χ0n) is 14.3. The molecular formula is C19H18F2N4O. The number of carbonyl (C=O) groups is 1. The number of halogens is 2. The Hall–Kier alpha value is -3.09. The lowest BCUT2D eigenvalue weighted by molar-refractivity contribution is -0.117. The first-order valence-corrected chi connectivity index (χ1v) is 8.12. The van der Waals surface area contributed by atoms with Crippen LogP contribution >= 0.6 is 0 Å². The van der Waals surface area contributed by atoms with Gasteiger partial charge in [-0.3, -0.25) is 9.78 Å². The number of nitrogens with one attached hydrogen (secondary N) is 1. The van der Waals surface area contributed by atoms with E-state index in [0.29, 0.717) is 35.5 Å². The fourth-order valence-electron chi connectivity index (χ4n) is 2.95. The standard InChI is InChI=1S/C19H18F2N4O/c1-12-18(4-6-24-19(12)26)25(22-2)17-3-5-23-16(11-17)9-13-7-14(20)10-15(21)8-13/h3,5,7-8,10-11H,2,4,6,9H2,1H3,(H,24,26). The van der Waals surface area contributed by atoms with Crippen molar-refractivity contribution in [3.8, 4) is 0 Å². The molecule has 2 aromatic rings. The third kappa shape index (κ3) is 3.77. The van der Waals surface area contributed by atoms with E-state index in [-0.39, 0.29) is 12.3 Å². The fourth-order valence-corrected chi connectivity index (χ4v) is 2.95. The topological polar surface area (TPSA) is 57.6 Å². The minimum Gasteiger partial charge on any atom is -0.352 e. The Morgan fingerprint density at radius 1 is 1.27 bits per heavy atom. The summed E-state index contributed by atoms with van der Waals surface area (Å²) in [6.07, 6.45) is 2.49. The van der Waals surface area contributed by atoms with Crippen LogP contribution in [0.2, 0.25) is 0 Å². The minimum atomic E-state index is -0.625. The molecule has 1 aliphatic heterocycles. The lowest BCUT2D eigenvalue weighted by atomic mass is 10.1. The Balaban J connectivity index is 1.91. The molecule has 1 aromatic heterocycles. The van der Waals surface area contributed by atoms with Gasteiger partial charge in [0.15, 0.2) is 0 Å². The largest absolute Gasteiger partial charge is 0.352 e. The molecule has 3 rings (SSSR count). The van der Waals surface area contributed by atoms with Crippen molar-refractivity contribution in [2.24, 2.45) is 5.10 Å². The van der Waals surface area contributed by atoms with E-state index in [1.165, 1.54) is 12.1 Å². The zero-order chi connectivity index (χ0) is 18.7. The van der Waals surface area contributed by atoms with E-state index >= 15 is 0 Å². The average Bonchev–Trinajstić information content (AvgIpc) is 2.59. The van der Waals surface area contributed by atoms with Gasteiger partial charge in [0.2, 0.25) is 5.91 Å². The maximum Gasteiger partial charge on any atom is 0.248 e. The van der Waals surface area contributed by atoms with Crippen molar-refractivity contribution in [3.05, 3.63) is 70.7 Å². The van der Waals surface area contributed by atoms with Gasteiger partial charge in [0.1, 0.15) is 11.6 Å². The van der Waals surface area contributed by atoms with Gasteiger partial charge in [-0.05, 0) is 36.8 Å². The predicted molar refractivity (Wildman–Crippen MR) is 95.8 cm³/mol. The Labute approximate surface area is 150 Å². The molecule has 5 nitrogen and oxygen atoms in total. The van der Waals surface area contributed by atoms with Crippen molar-refractivity contribution in [1.29, 1.82) is 0 Å². The van der Waals surface area contributed by atoms with Gasteiger partial charge in [0.25, 0.3) is 0 Å². The van der Waals surface area contributed by atoms with Crippen LogP contribution in [0.5, 0.6) is 0 Å². The summed E-state index contributed by atoms with van der Waals surface area (Å²) in [5.74, 6) is -1.39. The van der Waals surface area contributed by atoms with E-state index in [2.05, 4.69) is 22.1 Å². The first-order chi connectivity index (χ1) is 12.5. The molecule has 1 aromatic carbocycles. The van der Waals surface area contributed by atoms with E-state index in [1.807, 2.05) is 0 Å². The molecule has 134 valence electrons. The number of rotatable bonds is 5. The molecule has 0 radical (unpaired) electrons. The highest BCUT2D eigenvalue weighted by Gasteiger charge is 2.22. The second-order valence-electron chi connectivity index (χ2n) is 5.99. The Bertz CT molecular complexity index is 875. The lowest BCUT2D eigenvalue weighted by Gasteiger charge is -2.27. The van der Waals surface area contributed by atoms with Gasteiger partial charge in [0, 0.05) is 49.6 Å². The van der Waals surface area contributed by atoms with Crippen LogP contribution in [0.25, 0.3) is 0 Å². The van der Waals surface area contributed by atoms with Gasteiger partial charge >= 0.3 is 0 Å². The number of amides is 1. The van der Waals surface area contributed by atoms with Crippen LogP contribution in [0.3, 0.4) is 0 Å². The SMILES string of the molecule is C=NN(C1=C(C)C(=O)NCC1)c1ccnc(Cc2cc(F)cc(F)c2)c1. The summed E-state index contributed by atoms with van der Waals surface area (Å²) in [5, 5.41) is 8.42. The second kappa shape index (κ2) is 7.43. The van der Waals surface area contributed by atoms with Crippen molar-refractivity contribution in [2.45, 2.75) is 19.8 Å². The van der Waals surface area contributed by atoms with Crippen LogP contribution in [0.4, 0.5) is 14.5 Å². The van der Waals surface area contributed by atoms with Gasteiger partial charge in [-0.25, -0.2) is 13.8 Å². The van der Waals surface area contributed by atoms with Crippen LogP contribution in [0.15, 0.2) is 52.9 Å². The normalized spacial score (nSPS) is 14.2. The molecule has 26 heavy (non-hydrogen) atoms. The summed E-state index contributed by atoms with van der Waals surface area (Å²) < 4.78 is 26.8. The summed E-state index contributed by atoms with van der Waals surface area (Å²) >= 11 is 0. The van der Waals surface area contributed by atoms with Crippen molar-refractivity contribution < 1.29 is 13.6 Å². The monoisotopic (exact) mass is 356 g/mol. The summed E-state index contributed by atoms with van der Waals surface area (Å²) in [4.78, 5) is 16.1. The third-order valence-electron chi connectivity index (χ3n) is 4.17. The number of carbonyl (C=O) groups excluding carboxylic acids is 1. The Morgan fingerprint density at radius 2 is 2.00 bits per heavy atom. The van der Waals surface area contributed by atoms with Gasteiger partial charge in [-0.2, -0.15) is 5.10 Å². The molecule has 1 amide bonds. The van der Waals surface area contributed by atoms with Gasteiger partial charge in [0.05, 0.1) is 11.4 Å². The number of aromatic nitrogens is 1. The second-order valence-corrected chi connectivity index (χ2v) is 5.99. The lowest BCUT2D eigenvalue weighted by Crippen LogP contribution is -2.35. The number of hydrogen-bond donors (Lipinski definition) is 1. The first-order valence-electron chi connectivity index (χ1n) is 8.12. The molecule has 0 unspecified atom stereocenters. The zero-order valence-corrected chi connectivity index (χ0v) is 14.3. The number of anilines is 1. The molecule has 0 aliphatic carbocycles. The van der Waals surface area contributed by atoms with Crippen LogP contribution in [-0.4, -0.2) is 24.2 Å². The van der Waals surface area contributed by atoms with E-state index in [0.717, 1.165) is 11.8 Å². The molecule has 7 heteroatoms. The predicted octanol–water partition coefficient (Wildman–Crippen LogP) is 3.17. The Morgan fingerprint density at radius 3 is 2.69 bits per heavy atom. The summed E-state index contributed by atoms with van der Waals surface area (Å²) in [5.41, 5.74) is 3.13. The van der Waals surface area contributed by atoms with Crippen LogP contribution in [0.1, 0.15) is 24.6 Å². The number of nitrogens with zero attached hydrogens (tertiary/aromatic N) is 3. The molecular weight excluding hydrogens is 338 g/mol. The highest BCUT2D eigenvalue weighted by molar-refractivity contribution is 5.95. The van der Waals surface area contributed by atoms with E-state index in [9.17, 15) is 13.6 Å². The van der Waals surface area contributed by atoms with Crippen molar-refractivity contribution >= 4 is 18.3 Å². The minimum absolute atomic E-state index is 0.135. The number of benzene rings is 1. The van der Waals surface area contributed by atoms with E-state index in [1.54, 1.807) is 30.3 Å². The number of hydrazone groups is 1. The van der Waals surface area contributed by atoms with Gasteiger partial charge in [-0.1, -0.05) is 0 Å². The molecule has 1 aliphatic rings. The first kappa shape index (κ1) is 17.7. The van der Waals surface area contributed by atoms with Crippen molar-refractivity contribution in [3.63, 3.8) is 0 Å². The molecule has 0 fully saturated rings. The highest BCUT2D eigenvalue weighted by atomic mass is 19.1. The van der Waals surface area contributed by atoms with E-state index < -0.39 is 11.6 Å². The number of hydrogen-bond acceptors (Lipinski definition) is 4. The Kier molecular flexibility index (Phi) is 5.06. The third-order valence-corrected chi connectivity index (χ3v) is 4.17. The molecule has 0 atom stereocenters. The van der Waals surface area contributed by atoms with Crippen LogP contribution in [0, 0.1) is 11.6 Å². The van der Waals surface area contributed by atoms with Crippen LogP contribution < -0.4 is 10.3 Å². The van der Waals surface area contributed by atoms with Crippen molar-refractivity contribution in [2.75, 3.05) is 11.6 Å². The fraction of sp³-hybridized carbons (Fsp3) is 0.211. The maximum absolute atomic E-state index is 13.4. The molecule has 0 bridgehead atoms. The van der Waals surface area contributed by atoms with Crippen LogP contribution in [-0.2, 0) is 11.2 Å². The van der Waals surface area contributed by atoms with Gasteiger partial charge < -0.3 is 5.32 Å². The van der Waals surface area contributed by atoms with E-state index in [4.69, 9.17) is 0 Å². The molecule has 1 N–H and O–H groups in total. The summed E-state index contributed by atoms with van der Waals surface area (Å²) in [7, 11) is 0. The molecule has 0 saturated carbocycles. The quantitative estimate of drug-likeness (QED) is 0.661. The van der Waals surface area contributed by atoms with Crippen molar-refractivity contribution in [1.82, 2.24) is 10.3 Å². The highest BCUT2D eigenvalue weighted by Crippen LogP contribution is 2.26.